The van der Waals surface area contributed by atoms with Crippen LogP contribution in [0.4, 0.5) is 0 Å². The van der Waals surface area contributed by atoms with Crippen molar-refractivity contribution in [2.24, 2.45) is 11.1 Å². The Morgan fingerprint density at radius 2 is 2.10 bits per heavy atom. The smallest absolute Gasteiger partial charge is 0.341 e. The van der Waals surface area contributed by atoms with Crippen molar-refractivity contribution >= 4 is 16.0 Å². The molecule has 0 bridgehead atoms. The molecule has 0 aliphatic heterocycles. The molecule has 0 atom stereocenters. The van der Waals surface area contributed by atoms with E-state index in [0.29, 0.717) is 24.9 Å². The van der Waals surface area contributed by atoms with E-state index in [4.69, 9.17) is 14.6 Å². The zero-order valence-corrected chi connectivity index (χ0v) is 12.7. The summed E-state index contributed by atoms with van der Waals surface area (Å²) >= 11 is 0. The Hall–Kier alpha value is -1.60. The summed E-state index contributed by atoms with van der Waals surface area (Å²) in [6.07, 6.45) is 3.20. The zero-order valence-electron chi connectivity index (χ0n) is 11.9. The molecule has 2 rings (SSSR count). The van der Waals surface area contributed by atoms with Crippen molar-refractivity contribution in [3.05, 3.63) is 23.8 Å². The van der Waals surface area contributed by atoms with Crippen LogP contribution in [-0.4, -0.2) is 27.6 Å². The van der Waals surface area contributed by atoms with Gasteiger partial charge in [-0.15, -0.1) is 0 Å². The highest BCUT2D eigenvalue weighted by Crippen LogP contribution is 2.32. The van der Waals surface area contributed by atoms with Gasteiger partial charge in [-0.2, -0.15) is 0 Å². The van der Waals surface area contributed by atoms with E-state index in [-0.39, 0.29) is 10.5 Å². The summed E-state index contributed by atoms with van der Waals surface area (Å²) in [4.78, 5) is 11.9. The second-order valence-electron chi connectivity index (χ2n) is 5.00. The van der Waals surface area contributed by atoms with Crippen molar-refractivity contribution in [2.45, 2.75) is 31.1 Å². The predicted molar refractivity (Wildman–Crippen MR) is 76.6 cm³/mol. The first kappa shape index (κ1) is 15.8. The van der Waals surface area contributed by atoms with Crippen LogP contribution in [0.25, 0.3) is 0 Å². The van der Waals surface area contributed by atoms with Gasteiger partial charge in [-0.05, 0) is 37.5 Å². The fourth-order valence-corrected chi connectivity index (χ4v) is 2.47. The van der Waals surface area contributed by atoms with Gasteiger partial charge in [0.2, 0.25) is 10.0 Å². The first-order chi connectivity index (χ1) is 9.91. The SMILES string of the molecule is CCOc1ccc(S(N)(=O)=O)cc1C(=O)OCCC1CC1. The number of carbonyl (C=O) groups excluding carboxylic acids is 1. The summed E-state index contributed by atoms with van der Waals surface area (Å²) in [5.41, 5.74) is 0.0826. The molecule has 0 aromatic heterocycles. The molecule has 1 aromatic carbocycles. The van der Waals surface area contributed by atoms with Crippen molar-refractivity contribution in [1.82, 2.24) is 0 Å². The summed E-state index contributed by atoms with van der Waals surface area (Å²) in [7, 11) is -3.88. The van der Waals surface area contributed by atoms with Gasteiger partial charge in [0, 0.05) is 0 Å². The van der Waals surface area contributed by atoms with Crippen LogP contribution in [0.3, 0.4) is 0 Å². The van der Waals surface area contributed by atoms with E-state index >= 15 is 0 Å². The number of sulfonamides is 1. The third-order valence-corrected chi connectivity index (χ3v) is 4.17. The number of primary sulfonamides is 1. The van der Waals surface area contributed by atoms with Crippen molar-refractivity contribution in [3.63, 3.8) is 0 Å². The molecule has 1 fully saturated rings. The van der Waals surface area contributed by atoms with E-state index in [2.05, 4.69) is 0 Å². The van der Waals surface area contributed by atoms with Crippen molar-refractivity contribution in [2.75, 3.05) is 13.2 Å². The number of esters is 1. The second kappa shape index (κ2) is 6.44. The highest BCUT2D eigenvalue weighted by atomic mass is 32.2. The van der Waals surface area contributed by atoms with E-state index in [0.717, 1.165) is 6.42 Å². The van der Waals surface area contributed by atoms with Gasteiger partial charge in [-0.25, -0.2) is 18.4 Å². The van der Waals surface area contributed by atoms with Crippen LogP contribution in [0.5, 0.6) is 5.75 Å². The summed E-state index contributed by atoms with van der Waals surface area (Å²) in [5.74, 6) is 0.353. The van der Waals surface area contributed by atoms with Crippen molar-refractivity contribution in [3.8, 4) is 5.75 Å². The van der Waals surface area contributed by atoms with E-state index in [1.54, 1.807) is 6.92 Å². The van der Waals surface area contributed by atoms with Crippen molar-refractivity contribution in [1.29, 1.82) is 0 Å². The molecule has 0 spiro atoms. The van der Waals surface area contributed by atoms with E-state index < -0.39 is 16.0 Å². The Kier molecular flexibility index (Phi) is 4.84. The molecule has 21 heavy (non-hydrogen) atoms. The van der Waals surface area contributed by atoms with Crippen LogP contribution < -0.4 is 9.88 Å². The summed E-state index contributed by atoms with van der Waals surface area (Å²) in [6.45, 7) is 2.46. The lowest BCUT2D eigenvalue weighted by molar-refractivity contribution is 0.0490. The molecule has 1 aliphatic carbocycles. The molecule has 116 valence electrons. The largest absolute Gasteiger partial charge is 0.493 e. The first-order valence-corrected chi connectivity index (χ1v) is 8.43. The molecular weight excluding hydrogens is 294 g/mol. The molecule has 7 heteroatoms. The third-order valence-electron chi connectivity index (χ3n) is 3.26. The minimum atomic E-state index is -3.88. The van der Waals surface area contributed by atoms with E-state index in [1.165, 1.54) is 31.0 Å². The third kappa shape index (κ3) is 4.44. The normalized spacial score (nSPS) is 14.8. The van der Waals surface area contributed by atoms with Crippen LogP contribution >= 0.6 is 0 Å². The lowest BCUT2D eigenvalue weighted by Crippen LogP contribution is -2.15. The van der Waals surface area contributed by atoms with Gasteiger partial charge >= 0.3 is 5.97 Å². The molecule has 0 amide bonds. The number of hydrogen-bond acceptors (Lipinski definition) is 5. The van der Waals surface area contributed by atoms with Gasteiger partial charge in [0.1, 0.15) is 11.3 Å². The van der Waals surface area contributed by atoms with Gasteiger partial charge in [-0.3, -0.25) is 0 Å². The van der Waals surface area contributed by atoms with Crippen LogP contribution in [0.15, 0.2) is 23.1 Å². The average Bonchev–Trinajstić information content (AvgIpc) is 3.22. The zero-order chi connectivity index (χ0) is 15.5. The van der Waals surface area contributed by atoms with Gasteiger partial charge < -0.3 is 9.47 Å². The van der Waals surface area contributed by atoms with Gasteiger partial charge in [-0.1, -0.05) is 12.8 Å². The topological polar surface area (TPSA) is 95.7 Å². The molecule has 2 N–H and O–H groups in total. The Morgan fingerprint density at radius 1 is 1.38 bits per heavy atom. The minimum absolute atomic E-state index is 0.0826. The number of carbonyl (C=O) groups is 1. The summed E-state index contributed by atoms with van der Waals surface area (Å²) in [6, 6.07) is 3.92. The van der Waals surface area contributed by atoms with Crippen LogP contribution in [-0.2, 0) is 14.8 Å². The molecule has 1 saturated carbocycles. The quantitative estimate of drug-likeness (QED) is 0.773. The van der Waals surface area contributed by atoms with E-state index in [9.17, 15) is 13.2 Å². The molecule has 1 aliphatic rings. The number of nitrogens with two attached hydrogens (primary N) is 1. The minimum Gasteiger partial charge on any atom is -0.493 e. The Balaban J connectivity index is 2.17. The van der Waals surface area contributed by atoms with Crippen LogP contribution in [0.2, 0.25) is 0 Å². The first-order valence-electron chi connectivity index (χ1n) is 6.88. The maximum Gasteiger partial charge on any atom is 0.341 e. The monoisotopic (exact) mass is 313 g/mol. The number of ether oxygens (including phenoxy) is 2. The van der Waals surface area contributed by atoms with Gasteiger partial charge in [0.15, 0.2) is 0 Å². The highest BCUT2D eigenvalue weighted by Gasteiger charge is 2.23. The maximum atomic E-state index is 12.1. The molecule has 0 unspecified atom stereocenters. The summed E-state index contributed by atoms with van der Waals surface area (Å²) < 4.78 is 33.3. The standard InChI is InChI=1S/C14H19NO5S/c1-2-19-13-6-5-11(21(15,17)18)9-12(13)14(16)20-8-7-10-3-4-10/h5-6,9-10H,2-4,7-8H2,1H3,(H2,15,17,18). The van der Waals surface area contributed by atoms with Gasteiger partial charge in [0.25, 0.3) is 0 Å². The lowest BCUT2D eigenvalue weighted by Gasteiger charge is -2.11. The number of hydrogen-bond donors (Lipinski definition) is 1. The Bertz CT molecular complexity index is 622. The van der Waals surface area contributed by atoms with Crippen LogP contribution in [0.1, 0.15) is 36.5 Å². The molecule has 6 nitrogen and oxygen atoms in total. The summed E-state index contributed by atoms with van der Waals surface area (Å²) in [5, 5.41) is 5.08. The maximum absolute atomic E-state index is 12.1. The Morgan fingerprint density at radius 3 is 2.67 bits per heavy atom. The van der Waals surface area contributed by atoms with Gasteiger partial charge in [0.05, 0.1) is 18.1 Å². The second-order valence-corrected chi connectivity index (χ2v) is 6.57. The predicted octanol–water partition coefficient (Wildman–Crippen LogP) is 1.69. The lowest BCUT2D eigenvalue weighted by atomic mass is 10.2. The van der Waals surface area contributed by atoms with Crippen LogP contribution in [0, 0.1) is 5.92 Å². The fraction of sp³-hybridized carbons (Fsp3) is 0.500. The molecular formula is C14H19NO5S. The molecule has 1 aromatic rings. The highest BCUT2D eigenvalue weighted by molar-refractivity contribution is 7.89. The molecule has 0 radical (unpaired) electrons. The number of rotatable bonds is 7. The fourth-order valence-electron chi connectivity index (χ4n) is 1.93. The molecule has 0 heterocycles. The van der Waals surface area contributed by atoms with E-state index in [1.807, 2.05) is 0 Å². The number of benzene rings is 1. The van der Waals surface area contributed by atoms with Crippen molar-refractivity contribution < 1.29 is 22.7 Å². The average molecular weight is 313 g/mol. The molecule has 0 saturated heterocycles. The Labute approximate surface area is 124 Å².